The van der Waals surface area contributed by atoms with Crippen molar-refractivity contribution in [1.82, 2.24) is 24.4 Å². The highest BCUT2D eigenvalue weighted by Crippen LogP contribution is 2.19. The normalized spacial score (nSPS) is 16.3. The molecule has 0 bridgehead atoms. The number of aromatic nitrogens is 4. The Bertz CT molecular complexity index is 687. The van der Waals surface area contributed by atoms with Crippen molar-refractivity contribution < 1.29 is 4.79 Å². The Morgan fingerprint density at radius 2 is 2.09 bits per heavy atom. The molecule has 0 aliphatic carbocycles. The fourth-order valence-electron chi connectivity index (χ4n) is 2.96. The van der Waals surface area contributed by atoms with E-state index in [1.807, 2.05) is 30.4 Å². The predicted molar refractivity (Wildman–Crippen MR) is 88.9 cm³/mol. The molecule has 1 fully saturated rings. The van der Waals surface area contributed by atoms with E-state index in [2.05, 4.69) is 20.3 Å². The molecule has 1 aliphatic rings. The molecule has 3 rings (SSSR count). The summed E-state index contributed by atoms with van der Waals surface area (Å²) in [5.74, 6) is 1.52. The second kappa shape index (κ2) is 6.52. The van der Waals surface area contributed by atoms with Gasteiger partial charge in [0.05, 0.1) is 12.5 Å². The van der Waals surface area contributed by atoms with Crippen LogP contribution in [0.2, 0.25) is 0 Å². The Morgan fingerprint density at radius 3 is 2.78 bits per heavy atom. The van der Waals surface area contributed by atoms with Crippen molar-refractivity contribution >= 4 is 23.0 Å². The first-order valence-corrected chi connectivity index (χ1v) is 8.21. The number of rotatable bonds is 4. The Balaban J connectivity index is 1.52. The number of nitrogens with one attached hydrogen (secondary N) is 1. The lowest BCUT2D eigenvalue weighted by Gasteiger charge is -2.33. The molecule has 23 heavy (non-hydrogen) atoms. The van der Waals surface area contributed by atoms with E-state index in [4.69, 9.17) is 0 Å². The summed E-state index contributed by atoms with van der Waals surface area (Å²) in [5.41, 5.74) is 1.64. The van der Waals surface area contributed by atoms with E-state index in [9.17, 15) is 4.79 Å². The number of carbonyl (C=O) groups is 1. The fraction of sp³-hybridized carbons (Fsp3) is 0.625. The monoisotopic (exact) mass is 316 g/mol. The van der Waals surface area contributed by atoms with E-state index in [1.54, 1.807) is 12.5 Å². The molecule has 2 aromatic heterocycles. The number of anilines is 1. The van der Waals surface area contributed by atoms with Gasteiger partial charge in [-0.25, -0.2) is 9.97 Å². The summed E-state index contributed by atoms with van der Waals surface area (Å²) in [6.07, 6.45) is 5.58. The molecule has 0 saturated carbocycles. The molecule has 7 heteroatoms. The third kappa shape index (κ3) is 3.43. The van der Waals surface area contributed by atoms with Gasteiger partial charge in [-0.15, -0.1) is 0 Å². The molecular formula is C16H24N6O. The van der Waals surface area contributed by atoms with Crippen molar-refractivity contribution in [2.24, 2.45) is 18.9 Å². The lowest BCUT2D eigenvalue weighted by molar-refractivity contribution is -0.135. The van der Waals surface area contributed by atoms with E-state index in [1.165, 1.54) is 0 Å². The van der Waals surface area contributed by atoms with Crippen LogP contribution >= 0.6 is 0 Å². The van der Waals surface area contributed by atoms with Gasteiger partial charge in [0.15, 0.2) is 5.65 Å². The Hall–Kier alpha value is -2.18. The minimum Gasteiger partial charge on any atom is -0.354 e. The largest absolute Gasteiger partial charge is 0.354 e. The summed E-state index contributed by atoms with van der Waals surface area (Å²) in [5, 5.41) is 3.31. The van der Waals surface area contributed by atoms with Gasteiger partial charge in [0.2, 0.25) is 11.9 Å². The highest BCUT2D eigenvalue weighted by atomic mass is 16.2. The molecule has 1 aliphatic heterocycles. The summed E-state index contributed by atoms with van der Waals surface area (Å²) < 4.78 is 1.90. The van der Waals surface area contributed by atoms with Crippen molar-refractivity contribution in [3.05, 3.63) is 12.5 Å². The van der Waals surface area contributed by atoms with Crippen molar-refractivity contribution in [2.75, 3.05) is 25.0 Å². The number of hydrogen-bond acceptors (Lipinski definition) is 5. The van der Waals surface area contributed by atoms with Crippen LogP contribution in [0, 0.1) is 11.8 Å². The number of imidazole rings is 1. The molecule has 7 nitrogen and oxygen atoms in total. The number of amides is 1. The van der Waals surface area contributed by atoms with Gasteiger partial charge in [-0.2, -0.15) is 4.98 Å². The SMILES string of the molecule is CC(C)C(=O)N1CCC(CNc2ncc3c(ncn3C)n2)CC1. The van der Waals surface area contributed by atoms with E-state index < -0.39 is 0 Å². The van der Waals surface area contributed by atoms with Crippen LogP contribution in [-0.2, 0) is 11.8 Å². The average Bonchev–Trinajstić information content (AvgIpc) is 2.93. The fourth-order valence-corrected chi connectivity index (χ4v) is 2.96. The van der Waals surface area contributed by atoms with Gasteiger partial charge in [-0.05, 0) is 18.8 Å². The number of nitrogens with zero attached hydrogens (tertiary/aromatic N) is 5. The highest BCUT2D eigenvalue weighted by molar-refractivity contribution is 5.78. The zero-order chi connectivity index (χ0) is 16.4. The first-order valence-electron chi connectivity index (χ1n) is 8.21. The molecule has 1 N–H and O–H groups in total. The summed E-state index contributed by atoms with van der Waals surface area (Å²) >= 11 is 0. The van der Waals surface area contributed by atoms with Crippen molar-refractivity contribution in [3.8, 4) is 0 Å². The Labute approximate surface area is 136 Å². The molecular weight excluding hydrogens is 292 g/mol. The third-order valence-corrected chi connectivity index (χ3v) is 4.45. The van der Waals surface area contributed by atoms with Gasteiger partial charge in [0.25, 0.3) is 0 Å². The summed E-state index contributed by atoms with van der Waals surface area (Å²) in [4.78, 5) is 27.0. The van der Waals surface area contributed by atoms with Gasteiger partial charge < -0.3 is 14.8 Å². The number of likely N-dealkylation sites (tertiary alicyclic amines) is 1. The van der Waals surface area contributed by atoms with Crippen LogP contribution in [0.3, 0.4) is 0 Å². The van der Waals surface area contributed by atoms with E-state index >= 15 is 0 Å². The van der Waals surface area contributed by atoms with Crippen molar-refractivity contribution in [1.29, 1.82) is 0 Å². The van der Waals surface area contributed by atoms with Crippen LogP contribution in [0.4, 0.5) is 5.95 Å². The van der Waals surface area contributed by atoms with Crippen molar-refractivity contribution in [3.63, 3.8) is 0 Å². The summed E-state index contributed by atoms with van der Waals surface area (Å²) in [6, 6.07) is 0. The molecule has 1 amide bonds. The highest BCUT2D eigenvalue weighted by Gasteiger charge is 2.24. The molecule has 1 saturated heterocycles. The van der Waals surface area contributed by atoms with Gasteiger partial charge in [0, 0.05) is 32.6 Å². The Morgan fingerprint density at radius 1 is 1.35 bits per heavy atom. The molecule has 0 radical (unpaired) electrons. The van der Waals surface area contributed by atoms with Crippen molar-refractivity contribution in [2.45, 2.75) is 26.7 Å². The molecule has 3 heterocycles. The minimum absolute atomic E-state index is 0.0863. The second-order valence-electron chi connectivity index (χ2n) is 6.56. The zero-order valence-corrected chi connectivity index (χ0v) is 14.0. The number of aryl methyl sites for hydroxylation is 1. The predicted octanol–water partition coefficient (Wildman–Crippen LogP) is 1.67. The molecule has 124 valence electrons. The number of fused-ring (bicyclic) bond motifs is 1. The summed E-state index contributed by atoms with van der Waals surface area (Å²) in [7, 11) is 1.93. The standard InChI is InChI=1S/C16H24N6O/c1-11(2)15(23)22-6-4-12(5-7-22)8-17-16-18-9-13-14(20-16)19-10-21(13)3/h9-12H,4-8H2,1-3H3,(H,17,18,20). The second-order valence-corrected chi connectivity index (χ2v) is 6.56. The number of hydrogen-bond donors (Lipinski definition) is 1. The van der Waals surface area contributed by atoms with Crippen LogP contribution < -0.4 is 5.32 Å². The smallest absolute Gasteiger partial charge is 0.225 e. The number of carbonyl (C=O) groups excluding carboxylic acids is 1. The molecule has 0 atom stereocenters. The molecule has 0 aromatic carbocycles. The zero-order valence-electron chi connectivity index (χ0n) is 14.0. The van der Waals surface area contributed by atoms with E-state index in [-0.39, 0.29) is 11.8 Å². The number of piperidine rings is 1. The van der Waals surface area contributed by atoms with Crippen LogP contribution in [0.1, 0.15) is 26.7 Å². The molecule has 0 unspecified atom stereocenters. The molecule has 2 aromatic rings. The van der Waals surface area contributed by atoms with Crippen LogP contribution in [0.5, 0.6) is 0 Å². The third-order valence-electron chi connectivity index (χ3n) is 4.45. The van der Waals surface area contributed by atoms with E-state index in [0.717, 1.165) is 38.0 Å². The van der Waals surface area contributed by atoms with Gasteiger partial charge in [-0.1, -0.05) is 13.8 Å². The first kappa shape index (κ1) is 15.7. The topological polar surface area (TPSA) is 75.9 Å². The summed E-state index contributed by atoms with van der Waals surface area (Å²) in [6.45, 7) is 6.46. The lowest BCUT2D eigenvalue weighted by Crippen LogP contribution is -2.41. The van der Waals surface area contributed by atoms with Gasteiger partial charge in [0.1, 0.15) is 5.52 Å². The average molecular weight is 316 g/mol. The van der Waals surface area contributed by atoms with Crippen LogP contribution in [0.25, 0.3) is 11.2 Å². The maximum atomic E-state index is 12.0. The van der Waals surface area contributed by atoms with Gasteiger partial charge >= 0.3 is 0 Å². The van der Waals surface area contributed by atoms with E-state index in [0.29, 0.717) is 17.5 Å². The van der Waals surface area contributed by atoms with Crippen LogP contribution in [-0.4, -0.2) is 50.0 Å². The Kier molecular flexibility index (Phi) is 4.45. The molecule has 0 spiro atoms. The minimum atomic E-state index is 0.0863. The lowest BCUT2D eigenvalue weighted by atomic mass is 9.96. The maximum absolute atomic E-state index is 12.0. The maximum Gasteiger partial charge on any atom is 0.225 e. The quantitative estimate of drug-likeness (QED) is 0.928. The first-order chi connectivity index (χ1) is 11.0. The van der Waals surface area contributed by atoms with Crippen LogP contribution in [0.15, 0.2) is 12.5 Å². The van der Waals surface area contributed by atoms with Gasteiger partial charge in [-0.3, -0.25) is 4.79 Å².